The van der Waals surface area contributed by atoms with Gasteiger partial charge in [0, 0.05) is 55.1 Å². The van der Waals surface area contributed by atoms with E-state index < -0.39 is 0 Å². The van der Waals surface area contributed by atoms with E-state index in [9.17, 15) is 4.79 Å². The first-order valence-electron chi connectivity index (χ1n) is 12.5. The van der Waals surface area contributed by atoms with E-state index in [-0.39, 0.29) is 5.91 Å². The van der Waals surface area contributed by atoms with Gasteiger partial charge in [-0.15, -0.1) is 0 Å². The zero-order valence-electron chi connectivity index (χ0n) is 20.9. The number of benzene rings is 2. The number of carbonyl (C=O) groups excluding carboxylic acids is 1. The van der Waals surface area contributed by atoms with E-state index >= 15 is 0 Å². The van der Waals surface area contributed by atoms with Crippen molar-refractivity contribution in [3.05, 3.63) is 85.2 Å². The molecule has 1 aliphatic rings. The summed E-state index contributed by atoms with van der Waals surface area (Å²) in [6, 6.07) is 18.5. The van der Waals surface area contributed by atoms with Crippen LogP contribution in [0.5, 0.6) is 5.88 Å². The minimum absolute atomic E-state index is 0.218. The molecule has 184 valence electrons. The summed E-state index contributed by atoms with van der Waals surface area (Å²) in [6.07, 6.45) is 7.52. The molecule has 3 heterocycles. The van der Waals surface area contributed by atoms with Crippen LogP contribution in [0.25, 0.3) is 22.0 Å². The van der Waals surface area contributed by atoms with Crippen LogP contribution in [-0.4, -0.2) is 28.5 Å². The highest BCUT2D eigenvalue weighted by atomic mass is 16.5. The topological polar surface area (TPSA) is 59.4 Å². The van der Waals surface area contributed by atoms with Crippen LogP contribution < -0.4 is 15.0 Å². The molecule has 1 aliphatic heterocycles. The number of hydrogen-bond acceptors (Lipinski definition) is 4. The van der Waals surface area contributed by atoms with E-state index in [0.717, 1.165) is 59.9 Å². The van der Waals surface area contributed by atoms with Gasteiger partial charge in [0.15, 0.2) is 0 Å². The van der Waals surface area contributed by atoms with Gasteiger partial charge in [0.2, 0.25) is 11.8 Å². The summed E-state index contributed by atoms with van der Waals surface area (Å²) in [5.74, 6) is 1.08. The number of fused-ring (bicyclic) bond motifs is 1. The predicted molar refractivity (Wildman–Crippen MR) is 146 cm³/mol. The number of amides is 1. The summed E-state index contributed by atoms with van der Waals surface area (Å²) < 4.78 is 8.23. The molecule has 36 heavy (non-hydrogen) atoms. The molecule has 4 aromatic rings. The van der Waals surface area contributed by atoms with Gasteiger partial charge < -0.3 is 19.5 Å². The highest BCUT2D eigenvalue weighted by molar-refractivity contribution is 6.01. The number of hydrogen-bond donors (Lipinski definition) is 1. The van der Waals surface area contributed by atoms with Crippen molar-refractivity contribution in [2.75, 3.05) is 23.3 Å². The largest absolute Gasteiger partial charge is 0.473 e. The molecular weight excluding hydrogens is 448 g/mol. The second-order valence-corrected chi connectivity index (χ2v) is 9.56. The lowest BCUT2D eigenvalue weighted by atomic mass is 9.98. The summed E-state index contributed by atoms with van der Waals surface area (Å²) in [5, 5.41) is 4.18. The first-order chi connectivity index (χ1) is 17.5. The Bertz CT molecular complexity index is 1400. The summed E-state index contributed by atoms with van der Waals surface area (Å²) >= 11 is 0. The van der Waals surface area contributed by atoms with E-state index in [1.54, 1.807) is 6.20 Å². The van der Waals surface area contributed by atoms with E-state index in [2.05, 4.69) is 82.9 Å². The van der Waals surface area contributed by atoms with Crippen molar-refractivity contribution in [3.63, 3.8) is 0 Å². The number of anilines is 2. The van der Waals surface area contributed by atoms with Gasteiger partial charge in [0.1, 0.15) is 6.61 Å². The average molecular weight is 481 g/mol. The number of nitrogens with one attached hydrogen (secondary N) is 1. The third-order valence-corrected chi connectivity index (χ3v) is 6.96. The summed E-state index contributed by atoms with van der Waals surface area (Å²) in [7, 11) is 2.06. The van der Waals surface area contributed by atoms with E-state index in [0.29, 0.717) is 12.5 Å². The van der Waals surface area contributed by atoms with E-state index in [4.69, 9.17) is 4.74 Å². The Hall–Kier alpha value is -4.06. The fraction of sp³-hybridized carbons (Fsp3) is 0.267. The Morgan fingerprint density at radius 1 is 1.17 bits per heavy atom. The van der Waals surface area contributed by atoms with Crippen molar-refractivity contribution in [1.29, 1.82) is 0 Å². The molecule has 1 N–H and O–H groups in total. The molecule has 0 atom stereocenters. The van der Waals surface area contributed by atoms with Crippen LogP contribution in [-0.2, 0) is 18.4 Å². The Balaban J connectivity index is 1.36. The van der Waals surface area contributed by atoms with Crippen molar-refractivity contribution < 1.29 is 9.53 Å². The summed E-state index contributed by atoms with van der Waals surface area (Å²) in [4.78, 5) is 18.9. The predicted octanol–water partition coefficient (Wildman–Crippen LogP) is 6.18. The van der Waals surface area contributed by atoms with Crippen molar-refractivity contribution in [2.24, 2.45) is 13.0 Å². The normalized spacial score (nSPS) is 14.1. The van der Waals surface area contributed by atoms with Crippen LogP contribution in [0.15, 0.2) is 79.6 Å². The van der Waals surface area contributed by atoms with Crippen LogP contribution in [0.1, 0.15) is 25.3 Å². The molecule has 2 aromatic carbocycles. The van der Waals surface area contributed by atoms with Crippen molar-refractivity contribution in [2.45, 2.75) is 26.4 Å². The molecule has 0 radical (unpaired) electrons. The van der Waals surface area contributed by atoms with Crippen molar-refractivity contribution >= 4 is 28.2 Å². The fourth-order valence-electron chi connectivity index (χ4n) is 4.87. The number of piperidine rings is 1. The second-order valence-electron chi connectivity index (χ2n) is 9.56. The van der Waals surface area contributed by atoms with Gasteiger partial charge in [-0.25, -0.2) is 4.98 Å². The van der Waals surface area contributed by atoms with Crippen LogP contribution >= 0.6 is 0 Å². The van der Waals surface area contributed by atoms with Gasteiger partial charge in [-0.05, 0) is 60.2 Å². The lowest BCUT2D eigenvalue weighted by Crippen LogP contribution is -2.33. The van der Waals surface area contributed by atoms with Crippen molar-refractivity contribution in [1.82, 2.24) is 9.55 Å². The third kappa shape index (κ3) is 4.98. The van der Waals surface area contributed by atoms with Gasteiger partial charge in [0.25, 0.3) is 0 Å². The van der Waals surface area contributed by atoms with Gasteiger partial charge in [-0.2, -0.15) is 0 Å². The second kappa shape index (κ2) is 10.3. The van der Waals surface area contributed by atoms with Gasteiger partial charge in [0.05, 0.1) is 11.4 Å². The van der Waals surface area contributed by atoms with Gasteiger partial charge in [-0.1, -0.05) is 37.8 Å². The molecule has 0 aliphatic carbocycles. The minimum Gasteiger partial charge on any atom is -0.473 e. The molecule has 6 nitrogen and oxygen atoms in total. The molecule has 0 unspecified atom stereocenters. The summed E-state index contributed by atoms with van der Waals surface area (Å²) in [6.45, 7) is 8.21. The molecule has 6 heteroatoms. The third-order valence-electron chi connectivity index (χ3n) is 6.96. The molecule has 0 saturated carbocycles. The smallest absolute Gasteiger partial charge is 0.247 e. The number of nitrogens with zero attached hydrogens (tertiary/aromatic N) is 3. The molecule has 1 amide bonds. The Morgan fingerprint density at radius 2 is 1.97 bits per heavy atom. The lowest BCUT2D eigenvalue weighted by Gasteiger charge is -2.33. The van der Waals surface area contributed by atoms with Crippen LogP contribution in [0, 0.1) is 5.92 Å². The molecule has 5 rings (SSSR count). The first kappa shape index (κ1) is 23.7. The zero-order chi connectivity index (χ0) is 25.1. The van der Waals surface area contributed by atoms with Crippen molar-refractivity contribution in [3.8, 4) is 17.0 Å². The quantitative estimate of drug-likeness (QED) is 0.321. The minimum atomic E-state index is -0.218. The maximum atomic E-state index is 12.1. The monoisotopic (exact) mass is 480 g/mol. The number of pyridine rings is 1. The number of carbonyl (C=O) groups is 1. The molecule has 0 bridgehead atoms. The van der Waals surface area contributed by atoms with Crippen LogP contribution in [0.4, 0.5) is 11.4 Å². The first-order valence-corrected chi connectivity index (χ1v) is 12.5. The molecule has 2 aromatic heterocycles. The highest BCUT2D eigenvalue weighted by Gasteiger charge is 2.19. The van der Waals surface area contributed by atoms with Gasteiger partial charge >= 0.3 is 0 Å². The summed E-state index contributed by atoms with van der Waals surface area (Å²) in [5.41, 5.74) is 6.18. The Morgan fingerprint density at radius 3 is 2.78 bits per heavy atom. The number of aromatic nitrogens is 2. The highest BCUT2D eigenvalue weighted by Crippen LogP contribution is 2.33. The zero-order valence-corrected chi connectivity index (χ0v) is 20.9. The standard InChI is InChI=1S/C30H32N4O2/c1-4-29(35)32-26-17-22(9-10-28(26)34-15-12-21(2)13-16-34)20-36-30-18-23(11-14-31-30)25-19-33(3)27-8-6-5-7-24(25)27/h4-11,14,17-19,21H,1,12-13,15-16,20H2,2-3H3,(H,32,35). The maximum Gasteiger partial charge on any atom is 0.247 e. The lowest BCUT2D eigenvalue weighted by molar-refractivity contribution is -0.111. The SMILES string of the molecule is C=CC(=O)Nc1cc(COc2cc(-c3cn(C)c4ccccc34)ccn2)ccc1N1CCC(C)CC1. The Labute approximate surface area is 212 Å². The number of ether oxygens (including phenoxy) is 1. The molecule has 1 saturated heterocycles. The fourth-order valence-corrected chi connectivity index (χ4v) is 4.87. The van der Waals surface area contributed by atoms with Gasteiger partial charge in [-0.3, -0.25) is 4.79 Å². The number of para-hydroxylation sites is 1. The molecule has 0 spiro atoms. The molecule has 1 fully saturated rings. The average Bonchev–Trinajstić information content (AvgIpc) is 3.25. The van der Waals surface area contributed by atoms with Crippen LogP contribution in [0.3, 0.4) is 0 Å². The molecular formula is C30H32N4O2. The Kier molecular flexibility index (Phi) is 6.76. The maximum absolute atomic E-state index is 12.1. The number of rotatable bonds is 7. The van der Waals surface area contributed by atoms with E-state index in [1.807, 2.05) is 18.2 Å². The number of aryl methyl sites for hydroxylation is 1. The van der Waals surface area contributed by atoms with E-state index in [1.165, 1.54) is 17.0 Å². The van der Waals surface area contributed by atoms with Crippen LogP contribution in [0.2, 0.25) is 0 Å².